The van der Waals surface area contributed by atoms with Crippen molar-refractivity contribution >= 4 is 16.2 Å². The highest BCUT2D eigenvalue weighted by molar-refractivity contribution is 7.86. The maximum atomic E-state index is 12.8. The maximum Gasteiger partial charge on any atom is 0.311 e. The van der Waals surface area contributed by atoms with Crippen molar-refractivity contribution in [2.45, 2.75) is 44.9 Å². The Bertz CT molecular complexity index is 512. The Labute approximate surface area is 133 Å². The van der Waals surface area contributed by atoms with Gasteiger partial charge in [-0.1, -0.05) is 18.9 Å². The van der Waals surface area contributed by atoms with E-state index < -0.39 is 21.6 Å². The number of aliphatic carboxylic acids is 1. The number of hydrogen-bond donors (Lipinski definition) is 1. The number of nitrogens with zero attached hydrogens (tertiary/aromatic N) is 2. The number of carboxylic acids is 1. The molecule has 2 aliphatic heterocycles. The molecule has 1 N–H and O–H groups in total. The molecule has 2 fully saturated rings. The van der Waals surface area contributed by atoms with E-state index in [-0.39, 0.29) is 6.54 Å². The van der Waals surface area contributed by atoms with Crippen LogP contribution in [0.1, 0.15) is 44.9 Å². The van der Waals surface area contributed by atoms with Crippen LogP contribution < -0.4 is 0 Å². The van der Waals surface area contributed by atoms with Gasteiger partial charge in [-0.05, 0) is 32.1 Å². The molecule has 0 saturated carbocycles. The molecule has 0 spiro atoms. The molecule has 2 saturated heterocycles. The Kier molecular flexibility index (Phi) is 5.63. The molecule has 0 radical (unpaired) electrons. The summed E-state index contributed by atoms with van der Waals surface area (Å²) in [7, 11) is -3.56. The van der Waals surface area contributed by atoms with Gasteiger partial charge in [0.25, 0.3) is 10.2 Å². The number of carbonyl (C=O) groups is 1. The molecule has 2 aliphatic rings. The lowest BCUT2D eigenvalue weighted by Crippen LogP contribution is -2.53. The van der Waals surface area contributed by atoms with Crippen LogP contribution in [0.3, 0.4) is 0 Å². The molecule has 126 valence electrons. The Morgan fingerprint density at radius 1 is 1.09 bits per heavy atom. The monoisotopic (exact) mass is 330 g/mol. The van der Waals surface area contributed by atoms with Crippen LogP contribution in [0, 0.1) is 5.41 Å². The molecular formula is C15H26N2O4S. The number of rotatable bonds is 5. The smallest absolute Gasteiger partial charge is 0.311 e. The Morgan fingerprint density at radius 3 is 2.23 bits per heavy atom. The van der Waals surface area contributed by atoms with Gasteiger partial charge in [0.15, 0.2) is 0 Å². The molecule has 0 aliphatic carbocycles. The lowest BCUT2D eigenvalue weighted by Gasteiger charge is -2.40. The molecule has 0 amide bonds. The predicted molar refractivity (Wildman–Crippen MR) is 84.7 cm³/mol. The Morgan fingerprint density at radius 2 is 1.68 bits per heavy atom. The molecule has 0 aromatic rings. The standard InChI is InChI=1S/C15H26N2O4S/c1-2-8-15(14(18)19)9-7-12-17(13-15)22(20,21)16-10-5-3-4-6-11-16/h2H,1,3-13H2,(H,18,19)/t15-/m1/s1. The molecule has 0 aromatic heterocycles. The molecule has 0 bridgehead atoms. The number of hydrogen-bond acceptors (Lipinski definition) is 3. The third-order valence-electron chi connectivity index (χ3n) is 4.75. The van der Waals surface area contributed by atoms with Crippen LogP contribution in [0.5, 0.6) is 0 Å². The summed E-state index contributed by atoms with van der Waals surface area (Å²) in [6, 6.07) is 0. The van der Waals surface area contributed by atoms with Crippen molar-refractivity contribution in [1.82, 2.24) is 8.61 Å². The summed E-state index contributed by atoms with van der Waals surface area (Å²) >= 11 is 0. The highest BCUT2D eigenvalue weighted by Crippen LogP contribution is 2.36. The molecule has 0 unspecified atom stereocenters. The molecule has 2 rings (SSSR count). The van der Waals surface area contributed by atoms with Crippen LogP contribution >= 0.6 is 0 Å². The first-order valence-corrected chi connectivity index (χ1v) is 9.42. The summed E-state index contributed by atoms with van der Waals surface area (Å²) < 4.78 is 28.6. The van der Waals surface area contributed by atoms with Crippen LogP contribution in [0.25, 0.3) is 0 Å². The lowest BCUT2D eigenvalue weighted by molar-refractivity contribution is -0.151. The van der Waals surface area contributed by atoms with Gasteiger partial charge < -0.3 is 5.11 Å². The summed E-state index contributed by atoms with van der Waals surface area (Å²) in [5, 5.41) is 9.58. The minimum Gasteiger partial charge on any atom is -0.481 e. The molecule has 6 nitrogen and oxygen atoms in total. The van der Waals surface area contributed by atoms with Crippen LogP contribution in [0.4, 0.5) is 0 Å². The maximum absolute atomic E-state index is 12.8. The van der Waals surface area contributed by atoms with E-state index in [4.69, 9.17) is 0 Å². The lowest BCUT2D eigenvalue weighted by atomic mass is 9.78. The number of carboxylic acid groups (broad SMARTS) is 1. The average Bonchev–Trinajstić information content (AvgIpc) is 2.77. The van der Waals surface area contributed by atoms with Crippen molar-refractivity contribution in [2.75, 3.05) is 26.2 Å². The average molecular weight is 330 g/mol. The van der Waals surface area contributed by atoms with E-state index >= 15 is 0 Å². The van der Waals surface area contributed by atoms with E-state index in [1.165, 1.54) is 8.61 Å². The number of piperidine rings is 1. The highest BCUT2D eigenvalue weighted by atomic mass is 32.2. The Hall–Kier alpha value is -0.920. The number of allylic oxidation sites excluding steroid dienone is 1. The van der Waals surface area contributed by atoms with Crippen molar-refractivity contribution in [1.29, 1.82) is 0 Å². The molecule has 22 heavy (non-hydrogen) atoms. The first-order chi connectivity index (χ1) is 10.4. The summed E-state index contributed by atoms with van der Waals surface area (Å²) in [5.74, 6) is -0.928. The second-order valence-corrected chi connectivity index (χ2v) is 8.26. The fourth-order valence-corrected chi connectivity index (χ4v) is 5.24. The first kappa shape index (κ1) is 17.4. The first-order valence-electron chi connectivity index (χ1n) is 8.02. The van der Waals surface area contributed by atoms with E-state index in [0.29, 0.717) is 38.9 Å². The predicted octanol–water partition coefficient (Wildman–Crippen LogP) is 1.85. The topological polar surface area (TPSA) is 77.9 Å². The van der Waals surface area contributed by atoms with Crippen molar-refractivity contribution in [3.05, 3.63) is 12.7 Å². The van der Waals surface area contributed by atoms with Gasteiger partial charge in [0.05, 0.1) is 5.41 Å². The molecule has 0 aromatic carbocycles. The molecule has 2 heterocycles. The zero-order valence-corrected chi connectivity index (χ0v) is 13.9. The highest BCUT2D eigenvalue weighted by Gasteiger charge is 2.45. The third kappa shape index (κ3) is 3.52. The second-order valence-electron chi connectivity index (χ2n) is 6.34. The van der Waals surface area contributed by atoms with Gasteiger partial charge in [0.2, 0.25) is 0 Å². The van der Waals surface area contributed by atoms with Crippen LogP contribution in [0.2, 0.25) is 0 Å². The Balaban J connectivity index is 2.19. The van der Waals surface area contributed by atoms with Crippen LogP contribution in [-0.4, -0.2) is 54.3 Å². The van der Waals surface area contributed by atoms with E-state index in [1.54, 1.807) is 6.08 Å². The summed E-state index contributed by atoms with van der Waals surface area (Å²) in [6.07, 6.45) is 6.83. The van der Waals surface area contributed by atoms with E-state index in [2.05, 4.69) is 6.58 Å². The fourth-order valence-electron chi connectivity index (χ4n) is 3.43. The minimum absolute atomic E-state index is 0.0488. The van der Waals surface area contributed by atoms with Gasteiger partial charge in [0.1, 0.15) is 0 Å². The fraction of sp³-hybridized carbons (Fsp3) is 0.800. The van der Waals surface area contributed by atoms with E-state index in [9.17, 15) is 18.3 Å². The van der Waals surface area contributed by atoms with Crippen molar-refractivity contribution in [3.8, 4) is 0 Å². The van der Waals surface area contributed by atoms with Crippen LogP contribution in [-0.2, 0) is 15.0 Å². The van der Waals surface area contributed by atoms with Gasteiger partial charge in [0, 0.05) is 26.2 Å². The van der Waals surface area contributed by atoms with Crippen LogP contribution in [0.15, 0.2) is 12.7 Å². The van der Waals surface area contributed by atoms with Gasteiger partial charge in [-0.3, -0.25) is 4.79 Å². The van der Waals surface area contributed by atoms with Gasteiger partial charge in [-0.25, -0.2) is 0 Å². The van der Waals surface area contributed by atoms with Crippen molar-refractivity contribution in [3.63, 3.8) is 0 Å². The SMILES string of the molecule is C=CC[C@@]1(C(=O)O)CCCN(S(=O)(=O)N2CCCCCC2)C1. The van der Waals surface area contributed by atoms with Gasteiger partial charge in [-0.2, -0.15) is 17.0 Å². The summed E-state index contributed by atoms with van der Waals surface area (Å²) in [4.78, 5) is 11.7. The molecule has 7 heteroatoms. The summed E-state index contributed by atoms with van der Waals surface area (Å²) in [5.41, 5.74) is -1.03. The molecule has 1 atom stereocenters. The minimum atomic E-state index is -3.56. The van der Waals surface area contributed by atoms with Crippen molar-refractivity contribution < 1.29 is 18.3 Å². The van der Waals surface area contributed by atoms with Gasteiger partial charge >= 0.3 is 5.97 Å². The van der Waals surface area contributed by atoms with E-state index in [1.807, 2.05) is 0 Å². The third-order valence-corrected chi connectivity index (χ3v) is 6.73. The zero-order valence-electron chi connectivity index (χ0n) is 13.0. The normalized spacial score (nSPS) is 28.9. The van der Waals surface area contributed by atoms with Gasteiger partial charge in [-0.15, -0.1) is 6.58 Å². The van der Waals surface area contributed by atoms with Crippen molar-refractivity contribution in [2.24, 2.45) is 5.41 Å². The quantitative estimate of drug-likeness (QED) is 0.780. The largest absolute Gasteiger partial charge is 0.481 e. The van der Waals surface area contributed by atoms with E-state index in [0.717, 1.165) is 25.7 Å². The molecular weight excluding hydrogens is 304 g/mol. The summed E-state index contributed by atoms with van der Waals surface area (Å²) in [6.45, 7) is 5.17. The zero-order chi connectivity index (χ0) is 16.2. The second kappa shape index (κ2) is 7.10.